The Morgan fingerprint density at radius 2 is 2.00 bits per heavy atom. The molecule has 1 heterocycles. The van der Waals surface area contributed by atoms with Gasteiger partial charge in [-0.25, -0.2) is 8.42 Å². The van der Waals surface area contributed by atoms with Gasteiger partial charge in [0.1, 0.15) is 5.03 Å². The summed E-state index contributed by atoms with van der Waals surface area (Å²) in [5.74, 6) is 0.554. The summed E-state index contributed by atoms with van der Waals surface area (Å²) in [6.45, 7) is 0. The number of thioether (sulfide) groups is 1. The van der Waals surface area contributed by atoms with Crippen LogP contribution in [0.2, 0.25) is 0 Å². The maximum absolute atomic E-state index is 11.9. The summed E-state index contributed by atoms with van der Waals surface area (Å²) < 4.78 is 23.8. The fourth-order valence-corrected chi connectivity index (χ4v) is 3.72. The average Bonchev–Trinajstić information content (AvgIpc) is 2.83. The topological polar surface area (TPSA) is 75.7 Å². The van der Waals surface area contributed by atoms with E-state index in [1.54, 1.807) is 36.5 Å². The van der Waals surface area contributed by atoms with Crippen molar-refractivity contribution in [1.29, 1.82) is 0 Å². The highest BCUT2D eigenvalue weighted by Crippen LogP contribution is 2.16. The Balaban J connectivity index is 1.95. The normalized spacial score (nSPS) is 11.5. The minimum atomic E-state index is -3.19. The lowest BCUT2D eigenvalue weighted by molar-refractivity contribution is 0.597. The lowest BCUT2D eigenvalue weighted by Crippen LogP contribution is -2.08. The number of aromatic nitrogens is 3. The molecule has 0 fully saturated rings. The van der Waals surface area contributed by atoms with E-state index in [9.17, 15) is 8.42 Å². The third-order valence-electron chi connectivity index (χ3n) is 2.10. The molecule has 0 aliphatic rings. The van der Waals surface area contributed by atoms with Gasteiger partial charge in [0, 0.05) is 5.75 Å². The smallest absolute Gasteiger partial charge is 0.179 e. The molecule has 0 spiro atoms. The van der Waals surface area contributed by atoms with E-state index in [-0.39, 0.29) is 5.75 Å². The molecule has 90 valence electrons. The number of sulfone groups is 1. The van der Waals surface area contributed by atoms with E-state index in [0.717, 1.165) is 0 Å². The molecule has 0 radical (unpaired) electrons. The molecule has 17 heavy (non-hydrogen) atoms. The summed E-state index contributed by atoms with van der Waals surface area (Å²) in [5.41, 5.74) is 0. The summed E-state index contributed by atoms with van der Waals surface area (Å²) in [5, 5.41) is 10.7. The van der Waals surface area contributed by atoms with Crippen LogP contribution in [0.15, 0.2) is 46.5 Å². The van der Waals surface area contributed by atoms with E-state index in [1.807, 2.05) is 0 Å². The van der Waals surface area contributed by atoms with E-state index in [1.165, 1.54) is 11.8 Å². The van der Waals surface area contributed by atoms with Gasteiger partial charge >= 0.3 is 0 Å². The SMILES string of the molecule is O=S(=O)(CCSc1cn[nH]n1)c1ccccc1. The molecule has 7 heteroatoms. The van der Waals surface area contributed by atoms with Crippen LogP contribution in [0.4, 0.5) is 0 Å². The lowest BCUT2D eigenvalue weighted by Gasteiger charge is -2.02. The van der Waals surface area contributed by atoms with Gasteiger partial charge in [-0.15, -0.1) is 16.9 Å². The van der Waals surface area contributed by atoms with Gasteiger partial charge in [0.25, 0.3) is 0 Å². The highest BCUT2D eigenvalue weighted by Gasteiger charge is 2.13. The van der Waals surface area contributed by atoms with E-state index in [4.69, 9.17) is 0 Å². The van der Waals surface area contributed by atoms with Crippen LogP contribution in [0.25, 0.3) is 0 Å². The van der Waals surface area contributed by atoms with Gasteiger partial charge in [0.05, 0.1) is 16.8 Å². The Bertz CT molecular complexity index is 553. The molecule has 0 saturated carbocycles. The number of benzene rings is 1. The van der Waals surface area contributed by atoms with Gasteiger partial charge in [-0.2, -0.15) is 10.3 Å². The second kappa shape index (κ2) is 5.33. The molecular formula is C10H11N3O2S2. The molecule has 0 atom stereocenters. The standard InChI is InChI=1S/C10H11N3O2S2/c14-17(15,9-4-2-1-3-5-9)7-6-16-10-8-11-13-12-10/h1-5,8H,6-7H2,(H,11,12,13). The van der Waals surface area contributed by atoms with E-state index in [0.29, 0.717) is 15.7 Å². The van der Waals surface area contributed by atoms with Gasteiger partial charge in [0.2, 0.25) is 0 Å². The molecule has 2 rings (SSSR count). The number of aromatic amines is 1. The average molecular weight is 269 g/mol. The zero-order chi connectivity index (χ0) is 12.1. The Morgan fingerprint density at radius 3 is 2.65 bits per heavy atom. The summed E-state index contributed by atoms with van der Waals surface area (Å²) in [6.07, 6.45) is 1.57. The Labute approximate surface area is 104 Å². The molecule has 5 nitrogen and oxygen atoms in total. The first-order chi connectivity index (χ1) is 8.18. The van der Waals surface area contributed by atoms with Crippen LogP contribution in [-0.2, 0) is 9.84 Å². The fourth-order valence-electron chi connectivity index (χ4n) is 1.26. The number of H-pyrrole nitrogens is 1. The van der Waals surface area contributed by atoms with Crippen LogP contribution >= 0.6 is 11.8 Å². The highest BCUT2D eigenvalue weighted by atomic mass is 32.2. The van der Waals surface area contributed by atoms with Crippen molar-refractivity contribution < 1.29 is 8.42 Å². The van der Waals surface area contributed by atoms with E-state index < -0.39 is 9.84 Å². The van der Waals surface area contributed by atoms with Crippen LogP contribution in [0.1, 0.15) is 0 Å². The first kappa shape index (κ1) is 12.1. The number of hydrogen-bond donors (Lipinski definition) is 1. The molecule has 0 amide bonds. The summed E-state index contributed by atoms with van der Waals surface area (Å²) in [6, 6.07) is 8.45. The molecule has 1 N–H and O–H groups in total. The third kappa shape index (κ3) is 3.31. The van der Waals surface area contributed by atoms with Crippen molar-refractivity contribution in [2.45, 2.75) is 9.92 Å². The number of rotatable bonds is 5. The largest absolute Gasteiger partial charge is 0.224 e. The van der Waals surface area contributed by atoms with Crippen LogP contribution < -0.4 is 0 Å². The van der Waals surface area contributed by atoms with Crippen molar-refractivity contribution >= 4 is 21.6 Å². The monoisotopic (exact) mass is 269 g/mol. The molecular weight excluding hydrogens is 258 g/mol. The molecule has 0 aliphatic carbocycles. The van der Waals surface area contributed by atoms with Gasteiger partial charge in [-0.1, -0.05) is 18.2 Å². The summed E-state index contributed by atoms with van der Waals surface area (Å²) >= 11 is 1.36. The second-order valence-corrected chi connectivity index (χ2v) is 6.51. The predicted molar refractivity (Wildman–Crippen MR) is 65.6 cm³/mol. The maximum atomic E-state index is 11.9. The van der Waals surface area contributed by atoms with E-state index in [2.05, 4.69) is 15.4 Å². The quantitative estimate of drug-likeness (QED) is 0.830. The fraction of sp³-hybridized carbons (Fsp3) is 0.200. The predicted octanol–water partition coefficient (Wildman–Crippen LogP) is 1.37. The van der Waals surface area contributed by atoms with Crippen molar-refractivity contribution in [2.75, 3.05) is 11.5 Å². The number of nitrogens with zero attached hydrogens (tertiary/aromatic N) is 2. The minimum Gasteiger partial charge on any atom is -0.224 e. The van der Waals surface area contributed by atoms with Crippen LogP contribution in [-0.4, -0.2) is 35.3 Å². The van der Waals surface area contributed by atoms with Gasteiger partial charge in [-0.05, 0) is 12.1 Å². The van der Waals surface area contributed by atoms with Crippen LogP contribution in [0, 0.1) is 0 Å². The molecule has 0 bridgehead atoms. The van der Waals surface area contributed by atoms with Crippen molar-refractivity contribution in [3.05, 3.63) is 36.5 Å². The van der Waals surface area contributed by atoms with E-state index >= 15 is 0 Å². The molecule has 1 aromatic carbocycles. The number of nitrogens with one attached hydrogen (secondary N) is 1. The lowest BCUT2D eigenvalue weighted by atomic mass is 10.4. The molecule has 1 aromatic heterocycles. The van der Waals surface area contributed by atoms with Crippen LogP contribution in [0.5, 0.6) is 0 Å². The van der Waals surface area contributed by atoms with Crippen molar-refractivity contribution in [3.8, 4) is 0 Å². The zero-order valence-corrected chi connectivity index (χ0v) is 10.5. The molecule has 0 aliphatic heterocycles. The minimum absolute atomic E-state index is 0.0918. The number of hydrogen-bond acceptors (Lipinski definition) is 5. The molecule has 0 saturated heterocycles. The summed E-state index contributed by atoms with van der Waals surface area (Å²) in [7, 11) is -3.19. The molecule has 2 aromatic rings. The first-order valence-electron chi connectivity index (χ1n) is 4.95. The molecule has 0 unspecified atom stereocenters. The van der Waals surface area contributed by atoms with Gasteiger partial charge in [0.15, 0.2) is 9.84 Å². The van der Waals surface area contributed by atoms with Crippen molar-refractivity contribution in [2.24, 2.45) is 0 Å². The van der Waals surface area contributed by atoms with Crippen molar-refractivity contribution in [3.63, 3.8) is 0 Å². The second-order valence-electron chi connectivity index (χ2n) is 3.29. The Hall–Kier alpha value is -1.34. The Morgan fingerprint density at radius 1 is 1.24 bits per heavy atom. The Kier molecular flexibility index (Phi) is 3.80. The zero-order valence-electron chi connectivity index (χ0n) is 8.91. The van der Waals surface area contributed by atoms with Crippen molar-refractivity contribution in [1.82, 2.24) is 15.4 Å². The van der Waals surface area contributed by atoms with Crippen LogP contribution in [0.3, 0.4) is 0 Å². The third-order valence-corrected chi connectivity index (χ3v) is 4.99. The maximum Gasteiger partial charge on any atom is 0.179 e. The van der Waals surface area contributed by atoms with Gasteiger partial charge in [-0.3, -0.25) is 0 Å². The summed E-state index contributed by atoms with van der Waals surface area (Å²) in [4.78, 5) is 0.362. The van der Waals surface area contributed by atoms with Gasteiger partial charge < -0.3 is 0 Å². The first-order valence-corrected chi connectivity index (χ1v) is 7.59. The highest BCUT2D eigenvalue weighted by molar-refractivity contribution is 8.00.